The first-order valence-corrected chi connectivity index (χ1v) is 11.6. The Labute approximate surface area is 170 Å². The Bertz CT molecular complexity index is 898. The predicted molar refractivity (Wildman–Crippen MR) is 112 cm³/mol. The van der Waals surface area contributed by atoms with E-state index in [9.17, 15) is 13.2 Å². The summed E-state index contributed by atoms with van der Waals surface area (Å²) in [5, 5.41) is 2.78. The van der Waals surface area contributed by atoms with Gasteiger partial charge >= 0.3 is 0 Å². The van der Waals surface area contributed by atoms with Crippen LogP contribution in [0.1, 0.15) is 5.56 Å². The Hall–Kier alpha value is -1.94. The molecule has 1 N–H and O–H groups in total. The van der Waals surface area contributed by atoms with Gasteiger partial charge in [-0.2, -0.15) is 4.31 Å². The second-order valence-corrected chi connectivity index (χ2v) is 9.56. The van der Waals surface area contributed by atoms with Crippen molar-refractivity contribution >= 4 is 33.4 Å². The highest BCUT2D eigenvalue weighted by Gasteiger charge is 2.27. The number of carbonyl (C=O) groups is 1. The highest BCUT2D eigenvalue weighted by Crippen LogP contribution is 2.21. The maximum atomic E-state index is 12.8. The molecule has 150 valence electrons. The van der Waals surface area contributed by atoms with E-state index in [0.717, 1.165) is 5.56 Å². The van der Waals surface area contributed by atoms with Crippen LogP contribution in [-0.2, 0) is 20.6 Å². The molecule has 9 heteroatoms. The number of hydrogen-bond donors (Lipinski definition) is 1. The van der Waals surface area contributed by atoms with Crippen molar-refractivity contribution < 1.29 is 13.2 Å². The normalized spacial score (nSPS) is 16.0. The summed E-state index contributed by atoms with van der Waals surface area (Å²) >= 11 is 1.48. The smallest absolute Gasteiger partial charge is 0.243 e. The van der Waals surface area contributed by atoms with E-state index in [1.165, 1.54) is 22.1 Å². The zero-order chi connectivity index (χ0) is 20.0. The predicted octanol–water partition coefficient (Wildman–Crippen LogP) is 1.89. The van der Waals surface area contributed by atoms with Crippen molar-refractivity contribution in [2.24, 2.45) is 0 Å². The van der Waals surface area contributed by atoms with E-state index in [2.05, 4.69) is 15.2 Å². The van der Waals surface area contributed by atoms with E-state index in [1.807, 2.05) is 19.2 Å². The van der Waals surface area contributed by atoms with Crippen LogP contribution in [0.3, 0.4) is 0 Å². The number of aromatic nitrogens is 1. The van der Waals surface area contributed by atoms with Gasteiger partial charge in [0.15, 0.2) is 0 Å². The van der Waals surface area contributed by atoms with E-state index in [0.29, 0.717) is 37.6 Å². The topological polar surface area (TPSA) is 82.6 Å². The third-order valence-electron chi connectivity index (χ3n) is 4.44. The minimum absolute atomic E-state index is 0.164. The van der Waals surface area contributed by atoms with E-state index >= 15 is 0 Å². The fourth-order valence-electron chi connectivity index (χ4n) is 2.85. The van der Waals surface area contributed by atoms with E-state index in [4.69, 9.17) is 0 Å². The molecule has 1 amide bonds. The maximum Gasteiger partial charge on any atom is 0.243 e. The summed E-state index contributed by atoms with van der Waals surface area (Å²) < 4.78 is 27.2. The van der Waals surface area contributed by atoms with Crippen LogP contribution in [0.15, 0.2) is 53.7 Å². The van der Waals surface area contributed by atoms with Crippen molar-refractivity contribution in [2.45, 2.75) is 10.6 Å². The van der Waals surface area contributed by atoms with Crippen LogP contribution in [0, 0.1) is 0 Å². The molecule has 0 unspecified atom stereocenters. The monoisotopic (exact) mass is 420 g/mol. The van der Waals surface area contributed by atoms with Crippen LogP contribution in [-0.4, -0.2) is 67.5 Å². The van der Waals surface area contributed by atoms with Crippen LogP contribution in [0.25, 0.3) is 0 Å². The number of amides is 1. The SMILES string of the molecule is CN1CCN(S(=O)(=O)c2cccc(NC(=O)CSCc3cccnc3)c2)CC1. The number of sulfonamides is 1. The number of anilines is 1. The largest absolute Gasteiger partial charge is 0.325 e. The van der Waals surface area contributed by atoms with Gasteiger partial charge in [0.2, 0.25) is 15.9 Å². The molecule has 7 nitrogen and oxygen atoms in total. The van der Waals surface area contributed by atoms with Gasteiger partial charge in [0.25, 0.3) is 0 Å². The van der Waals surface area contributed by atoms with Gasteiger partial charge in [0.05, 0.1) is 10.6 Å². The summed E-state index contributed by atoms with van der Waals surface area (Å²) in [5.74, 6) is 0.812. The molecule has 0 saturated carbocycles. The van der Waals surface area contributed by atoms with Gasteiger partial charge in [-0.05, 0) is 36.9 Å². The Morgan fingerprint density at radius 2 is 1.96 bits per heavy atom. The molecule has 0 aliphatic carbocycles. The number of carbonyl (C=O) groups excluding carboxylic acids is 1. The van der Waals surface area contributed by atoms with Crippen LogP contribution in [0.4, 0.5) is 5.69 Å². The molecule has 3 rings (SSSR count). The molecule has 28 heavy (non-hydrogen) atoms. The lowest BCUT2D eigenvalue weighted by atomic mass is 10.3. The minimum Gasteiger partial charge on any atom is -0.325 e. The number of piperazine rings is 1. The van der Waals surface area contributed by atoms with Crippen molar-refractivity contribution in [1.82, 2.24) is 14.2 Å². The molecule has 1 aromatic carbocycles. The number of likely N-dealkylation sites (N-methyl/N-ethyl adjacent to an activating group) is 1. The Kier molecular flexibility index (Phi) is 7.06. The molecule has 1 saturated heterocycles. The average molecular weight is 421 g/mol. The quantitative estimate of drug-likeness (QED) is 0.737. The fraction of sp³-hybridized carbons (Fsp3) is 0.368. The molecular weight excluding hydrogens is 396 g/mol. The molecule has 1 aromatic heterocycles. The van der Waals surface area contributed by atoms with Crippen LogP contribution >= 0.6 is 11.8 Å². The molecule has 0 bridgehead atoms. The van der Waals surface area contributed by atoms with Crippen LogP contribution < -0.4 is 5.32 Å². The first kappa shape index (κ1) is 20.8. The molecular formula is C19H24N4O3S2. The lowest BCUT2D eigenvalue weighted by Gasteiger charge is -2.31. The third-order valence-corrected chi connectivity index (χ3v) is 7.34. The van der Waals surface area contributed by atoms with Crippen molar-refractivity contribution in [1.29, 1.82) is 0 Å². The molecule has 0 atom stereocenters. The number of benzene rings is 1. The standard InChI is InChI=1S/C19H24N4O3S2/c1-22-8-10-23(11-9-22)28(25,26)18-6-2-5-17(12-18)21-19(24)15-27-14-16-4-3-7-20-13-16/h2-7,12-13H,8-11,14-15H2,1H3,(H,21,24). The maximum absolute atomic E-state index is 12.8. The van der Waals surface area contributed by atoms with Crippen molar-refractivity contribution in [3.63, 3.8) is 0 Å². The lowest BCUT2D eigenvalue weighted by Crippen LogP contribution is -2.47. The number of nitrogens with one attached hydrogen (secondary N) is 1. The van der Waals surface area contributed by atoms with Crippen molar-refractivity contribution in [3.05, 3.63) is 54.4 Å². The molecule has 1 fully saturated rings. The molecule has 2 aromatic rings. The van der Waals surface area contributed by atoms with Crippen LogP contribution in [0.5, 0.6) is 0 Å². The molecule has 2 heterocycles. The zero-order valence-corrected chi connectivity index (χ0v) is 17.4. The first-order valence-electron chi connectivity index (χ1n) is 9.00. The van der Waals surface area contributed by atoms with Crippen molar-refractivity contribution in [2.75, 3.05) is 44.3 Å². The zero-order valence-electron chi connectivity index (χ0n) is 15.7. The van der Waals surface area contributed by atoms with Gasteiger partial charge in [-0.3, -0.25) is 9.78 Å². The highest BCUT2D eigenvalue weighted by molar-refractivity contribution is 7.99. The minimum atomic E-state index is -3.55. The molecule has 1 aliphatic heterocycles. The molecule has 1 aliphatic rings. The van der Waals surface area contributed by atoms with Gasteiger partial charge in [-0.1, -0.05) is 12.1 Å². The van der Waals surface area contributed by atoms with E-state index in [-0.39, 0.29) is 16.6 Å². The Morgan fingerprint density at radius 3 is 2.68 bits per heavy atom. The van der Waals surface area contributed by atoms with Crippen LogP contribution in [0.2, 0.25) is 0 Å². The Morgan fingerprint density at radius 1 is 1.18 bits per heavy atom. The summed E-state index contributed by atoms with van der Waals surface area (Å²) in [4.78, 5) is 18.5. The number of hydrogen-bond acceptors (Lipinski definition) is 6. The second kappa shape index (κ2) is 9.51. The van der Waals surface area contributed by atoms with E-state index < -0.39 is 10.0 Å². The molecule has 0 spiro atoms. The summed E-state index contributed by atoms with van der Waals surface area (Å²) in [6.07, 6.45) is 3.49. The van der Waals surface area contributed by atoms with Gasteiger partial charge in [-0.25, -0.2) is 8.42 Å². The van der Waals surface area contributed by atoms with E-state index in [1.54, 1.807) is 30.6 Å². The number of thioether (sulfide) groups is 1. The highest BCUT2D eigenvalue weighted by atomic mass is 32.2. The number of rotatable bonds is 7. The summed E-state index contributed by atoms with van der Waals surface area (Å²) in [6, 6.07) is 10.3. The fourth-order valence-corrected chi connectivity index (χ4v) is 5.09. The summed E-state index contributed by atoms with van der Waals surface area (Å²) in [5.41, 5.74) is 1.54. The van der Waals surface area contributed by atoms with Gasteiger partial charge in [0, 0.05) is 50.0 Å². The van der Waals surface area contributed by atoms with Gasteiger partial charge in [0.1, 0.15) is 0 Å². The van der Waals surface area contributed by atoms with Gasteiger partial charge < -0.3 is 10.2 Å². The number of nitrogens with zero attached hydrogens (tertiary/aromatic N) is 3. The Balaban J connectivity index is 1.57. The number of pyridine rings is 1. The first-order chi connectivity index (χ1) is 13.4. The summed E-state index contributed by atoms with van der Waals surface area (Å²) in [7, 11) is -1.57. The lowest BCUT2D eigenvalue weighted by molar-refractivity contribution is -0.113. The second-order valence-electron chi connectivity index (χ2n) is 6.64. The van der Waals surface area contributed by atoms with Gasteiger partial charge in [-0.15, -0.1) is 11.8 Å². The third kappa shape index (κ3) is 5.54. The summed E-state index contributed by atoms with van der Waals surface area (Å²) in [6.45, 7) is 2.37. The average Bonchev–Trinajstić information content (AvgIpc) is 2.69. The molecule has 0 radical (unpaired) electrons. The van der Waals surface area contributed by atoms with Crippen molar-refractivity contribution in [3.8, 4) is 0 Å².